The van der Waals surface area contributed by atoms with Crippen molar-refractivity contribution in [1.82, 2.24) is 0 Å². The zero-order valence-corrected chi connectivity index (χ0v) is 30.4. The third-order valence-corrected chi connectivity index (χ3v) is 11.3. The van der Waals surface area contributed by atoms with Crippen molar-refractivity contribution in [3.63, 3.8) is 0 Å². The maximum Gasteiger partial charge on any atom is 0.143 e. The van der Waals surface area contributed by atoms with Crippen LogP contribution in [0.3, 0.4) is 0 Å². The molecule has 9 aromatic carbocycles. The van der Waals surface area contributed by atoms with Gasteiger partial charge in [-0.1, -0.05) is 115 Å². The predicted molar refractivity (Wildman–Crippen MR) is 231 cm³/mol. The fourth-order valence-electron chi connectivity index (χ4n) is 8.78. The van der Waals surface area contributed by atoms with Gasteiger partial charge in [-0.15, -0.1) is 0 Å². The van der Waals surface area contributed by atoms with Crippen LogP contribution in [0.4, 0.5) is 21.5 Å². The summed E-state index contributed by atoms with van der Waals surface area (Å²) in [5.74, 6) is -0.248. The van der Waals surface area contributed by atoms with Crippen LogP contribution in [-0.4, -0.2) is 0 Å². The highest BCUT2D eigenvalue weighted by molar-refractivity contribution is 6.19. The van der Waals surface area contributed by atoms with Crippen molar-refractivity contribution in [3.8, 4) is 22.3 Å². The largest absolute Gasteiger partial charge is 0.456 e. The van der Waals surface area contributed by atoms with Gasteiger partial charge < -0.3 is 18.2 Å². The van der Waals surface area contributed by atoms with E-state index in [2.05, 4.69) is 102 Å². The molecule has 0 aliphatic heterocycles. The molecule has 57 heavy (non-hydrogen) atoms. The van der Waals surface area contributed by atoms with Crippen molar-refractivity contribution in [2.75, 3.05) is 4.90 Å². The number of furan rings is 3. The molecular formula is C52H30FNO3. The van der Waals surface area contributed by atoms with Crippen LogP contribution >= 0.6 is 0 Å². The number of nitrogens with zero attached hydrogens (tertiary/aromatic N) is 1. The summed E-state index contributed by atoms with van der Waals surface area (Å²) in [7, 11) is 0. The first-order chi connectivity index (χ1) is 28.2. The SMILES string of the molecule is Fc1ccc(N(c2ccccc2)c2ccc3c(c2)oc2cccc(-c4cccc5c4oc4c(-c6ccc7c(c6)oc6ccccc67)cccc45)c23)c2ccccc12. The van der Waals surface area contributed by atoms with E-state index >= 15 is 4.39 Å². The number of hydrogen-bond donors (Lipinski definition) is 0. The first kappa shape index (κ1) is 31.7. The lowest BCUT2D eigenvalue weighted by molar-refractivity contribution is 0.640. The standard InChI is InChI=1S/C52H30FNO3/c53-44-27-28-45(36-14-5-4-13-35(36)44)54(32-11-2-1-3-12-32)33-24-26-43-49(30-33)56-47-22-10-17-39(50(43)47)40-18-9-20-42-41-19-8-16-34(51(41)57-52(40)42)31-23-25-38-37-15-6-7-21-46(37)55-48(38)29-31/h1-30H. The molecule has 3 aromatic heterocycles. The molecule has 12 aromatic rings. The Bertz CT molecular complexity index is 3560. The lowest BCUT2D eigenvalue weighted by Gasteiger charge is -2.27. The van der Waals surface area contributed by atoms with Crippen LogP contribution in [0.1, 0.15) is 0 Å². The van der Waals surface area contributed by atoms with E-state index in [-0.39, 0.29) is 5.82 Å². The summed E-state index contributed by atoms with van der Waals surface area (Å²) in [6.45, 7) is 0. The van der Waals surface area contributed by atoms with Gasteiger partial charge in [0.05, 0.1) is 5.69 Å². The van der Waals surface area contributed by atoms with E-state index in [0.717, 1.165) is 111 Å². The molecule has 268 valence electrons. The third-order valence-electron chi connectivity index (χ3n) is 11.3. The van der Waals surface area contributed by atoms with Crippen molar-refractivity contribution in [3.05, 3.63) is 188 Å². The number of para-hydroxylation sites is 4. The van der Waals surface area contributed by atoms with Crippen LogP contribution in [0.5, 0.6) is 0 Å². The second-order valence-electron chi connectivity index (χ2n) is 14.5. The molecule has 0 atom stereocenters. The molecule has 0 aliphatic carbocycles. The molecule has 0 saturated carbocycles. The van der Waals surface area contributed by atoms with Crippen LogP contribution < -0.4 is 4.90 Å². The van der Waals surface area contributed by atoms with Crippen molar-refractivity contribution in [2.45, 2.75) is 0 Å². The Balaban J connectivity index is 1.02. The van der Waals surface area contributed by atoms with Gasteiger partial charge in [0.1, 0.15) is 39.3 Å². The molecule has 12 rings (SSSR count). The zero-order valence-electron chi connectivity index (χ0n) is 30.4. The van der Waals surface area contributed by atoms with Gasteiger partial charge in [-0.2, -0.15) is 0 Å². The monoisotopic (exact) mass is 735 g/mol. The van der Waals surface area contributed by atoms with Crippen molar-refractivity contribution in [1.29, 1.82) is 0 Å². The predicted octanol–water partition coefficient (Wildman–Crippen LogP) is 15.5. The quantitative estimate of drug-likeness (QED) is 0.176. The van der Waals surface area contributed by atoms with Gasteiger partial charge >= 0.3 is 0 Å². The van der Waals surface area contributed by atoms with Gasteiger partial charge in [0.2, 0.25) is 0 Å². The molecular weight excluding hydrogens is 706 g/mol. The molecule has 0 radical (unpaired) electrons. The molecule has 0 fully saturated rings. The van der Waals surface area contributed by atoms with Crippen LogP contribution in [-0.2, 0) is 0 Å². The third kappa shape index (κ3) is 4.79. The molecule has 0 spiro atoms. The minimum atomic E-state index is -0.248. The van der Waals surface area contributed by atoms with Gasteiger partial charge in [-0.3, -0.25) is 0 Å². The maximum absolute atomic E-state index is 15.0. The van der Waals surface area contributed by atoms with Crippen LogP contribution in [0.15, 0.2) is 195 Å². The number of anilines is 3. The van der Waals surface area contributed by atoms with Gasteiger partial charge in [-0.05, 0) is 71.8 Å². The lowest BCUT2D eigenvalue weighted by atomic mass is 9.97. The minimum Gasteiger partial charge on any atom is -0.456 e. The number of halogens is 1. The van der Waals surface area contributed by atoms with Crippen LogP contribution in [0.25, 0.3) is 98.8 Å². The molecule has 4 nitrogen and oxygen atoms in total. The van der Waals surface area contributed by atoms with E-state index in [0.29, 0.717) is 5.39 Å². The van der Waals surface area contributed by atoms with E-state index in [1.54, 1.807) is 6.07 Å². The smallest absolute Gasteiger partial charge is 0.143 e. The first-order valence-corrected chi connectivity index (χ1v) is 19.0. The maximum atomic E-state index is 15.0. The zero-order chi connectivity index (χ0) is 37.6. The average Bonchev–Trinajstić information content (AvgIpc) is 3.96. The number of hydrogen-bond acceptors (Lipinski definition) is 4. The van der Waals surface area contributed by atoms with E-state index in [4.69, 9.17) is 13.3 Å². The fraction of sp³-hybridized carbons (Fsp3) is 0. The normalized spacial score (nSPS) is 11.9. The summed E-state index contributed by atoms with van der Waals surface area (Å²) in [6, 6.07) is 60.9. The Morgan fingerprint density at radius 1 is 0.351 bits per heavy atom. The van der Waals surface area contributed by atoms with Crippen LogP contribution in [0, 0.1) is 5.82 Å². The highest BCUT2D eigenvalue weighted by atomic mass is 19.1. The van der Waals surface area contributed by atoms with Gasteiger partial charge in [0, 0.05) is 71.7 Å². The Hall–Kier alpha value is -7.63. The van der Waals surface area contributed by atoms with Crippen LogP contribution in [0.2, 0.25) is 0 Å². The molecule has 3 heterocycles. The van der Waals surface area contributed by atoms with Crippen molar-refractivity contribution >= 4 is 93.7 Å². The first-order valence-electron chi connectivity index (χ1n) is 19.0. The van der Waals surface area contributed by atoms with E-state index in [1.807, 2.05) is 78.9 Å². The molecule has 0 unspecified atom stereocenters. The summed E-state index contributed by atoms with van der Waals surface area (Å²) in [5, 5.41) is 7.71. The topological polar surface area (TPSA) is 42.7 Å². The molecule has 5 heteroatoms. The molecule has 0 bridgehead atoms. The van der Waals surface area contributed by atoms with E-state index in [1.165, 1.54) is 0 Å². The highest BCUT2D eigenvalue weighted by Crippen LogP contribution is 2.46. The summed E-state index contributed by atoms with van der Waals surface area (Å²) in [5.41, 5.74) is 11.7. The number of fused-ring (bicyclic) bond motifs is 10. The van der Waals surface area contributed by atoms with Crippen molar-refractivity contribution < 1.29 is 17.6 Å². The Labute approximate surface area is 325 Å². The molecule has 0 aliphatic rings. The van der Waals surface area contributed by atoms with E-state index < -0.39 is 0 Å². The summed E-state index contributed by atoms with van der Waals surface area (Å²) < 4.78 is 34.9. The van der Waals surface area contributed by atoms with Crippen molar-refractivity contribution in [2.24, 2.45) is 0 Å². The summed E-state index contributed by atoms with van der Waals surface area (Å²) >= 11 is 0. The second kappa shape index (κ2) is 12.2. The number of benzene rings is 9. The van der Waals surface area contributed by atoms with Gasteiger partial charge in [-0.25, -0.2) is 4.39 Å². The Morgan fingerprint density at radius 2 is 0.965 bits per heavy atom. The minimum absolute atomic E-state index is 0.248. The summed E-state index contributed by atoms with van der Waals surface area (Å²) in [6.07, 6.45) is 0. The number of rotatable bonds is 5. The van der Waals surface area contributed by atoms with Gasteiger partial charge in [0.15, 0.2) is 0 Å². The Kier molecular flexibility index (Phi) is 6.78. The second-order valence-corrected chi connectivity index (χ2v) is 14.5. The fourth-order valence-corrected chi connectivity index (χ4v) is 8.78. The highest BCUT2D eigenvalue weighted by Gasteiger charge is 2.22. The molecule has 0 N–H and O–H groups in total. The van der Waals surface area contributed by atoms with E-state index in [9.17, 15) is 0 Å². The lowest BCUT2D eigenvalue weighted by Crippen LogP contribution is -2.10. The average molecular weight is 736 g/mol. The molecule has 0 saturated heterocycles. The van der Waals surface area contributed by atoms with Gasteiger partial charge in [0.25, 0.3) is 0 Å². The summed E-state index contributed by atoms with van der Waals surface area (Å²) in [4.78, 5) is 2.16. The molecule has 0 amide bonds. The Morgan fingerprint density at radius 3 is 1.82 bits per heavy atom.